The summed E-state index contributed by atoms with van der Waals surface area (Å²) >= 11 is 0. The smallest absolute Gasteiger partial charge is 0.387 e. The van der Waals surface area contributed by atoms with Gasteiger partial charge in [-0.3, -0.25) is 4.68 Å². The van der Waals surface area contributed by atoms with Crippen molar-refractivity contribution in [2.24, 2.45) is 5.73 Å². The van der Waals surface area contributed by atoms with E-state index in [9.17, 15) is 8.78 Å². The van der Waals surface area contributed by atoms with Crippen LogP contribution in [0.4, 0.5) is 8.78 Å². The van der Waals surface area contributed by atoms with Gasteiger partial charge in [-0.15, -0.1) is 0 Å². The summed E-state index contributed by atoms with van der Waals surface area (Å²) in [6.07, 6.45) is 1.55. The third-order valence-corrected chi connectivity index (χ3v) is 3.13. The second kappa shape index (κ2) is 6.53. The molecule has 1 aromatic heterocycles. The Kier molecular flexibility index (Phi) is 4.74. The molecule has 0 aliphatic rings. The van der Waals surface area contributed by atoms with Crippen LogP contribution in [0.1, 0.15) is 24.2 Å². The number of methoxy groups -OCH3 is 1. The molecule has 0 amide bonds. The van der Waals surface area contributed by atoms with Gasteiger partial charge in [0.15, 0.2) is 5.75 Å². The van der Waals surface area contributed by atoms with Gasteiger partial charge in [-0.25, -0.2) is 0 Å². The fourth-order valence-electron chi connectivity index (χ4n) is 2.19. The minimum absolute atomic E-state index is 0.0471. The normalized spacial score (nSPS) is 12.5. The molecule has 1 unspecified atom stereocenters. The molecular weight excluding hydrogens is 280 g/mol. The van der Waals surface area contributed by atoms with E-state index in [1.165, 1.54) is 13.2 Å². The number of alkyl halides is 2. The Morgan fingerprint density at radius 1 is 1.29 bits per heavy atom. The van der Waals surface area contributed by atoms with Gasteiger partial charge in [-0.1, -0.05) is 18.2 Å². The maximum atomic E-state index is 12.5. The molecule has 7 heteroatoms. The highest BCUT2D eigenvalue weighted by Gasteiger charge is 2.23. The van der Waals surface area contributed by atoms with E-state index in [1.807, 2.05) is 6.92 Å². The first-order valence-corrected chi connectivity index (χ1v) is 6.47. The Labute approximate surface area is 121 Å². The zero-order valence-corrected chi connectivity index (χ0v) is 11.8. The van der Waals surface area contributed by atoms with E-state index in [-0.39, 0.29) is 5.75 Å². The number of benzene rings is 1. The van der Waals surface area contributed by atoms with Crippen LogP contribution in [0.5, 0.6) is 11.5 Å². The summed E-state index contributed by atoms with van der Waals surface area (Å²) in [5, 5.41) is 4.17. The van der Waals surface area contributed by atoms with Gasteiger partial charge in [-0.05, 0) is 13.0 Å². The minimum Gasteiger partial charge on any atom is -0.493 e. The number of aryl methyl sites for hydroxylation is 1. The van der Waals surface area contributed by atoms with Gasteiger partial charge in [0.05, 0.1) is 19.3 Å². The van der Waals surface area contributed by atoms with Gasteiger partial charge >= 0.3 is 6.61 Å². The molecule has 0 spiro atoms. The minimum atomic E-state index is -2.91. The van der Waals surface area contributed by atoms with Gasteiger partial charge in [0.25, 0.3) is 0 Å². The number of nitrogens with zero attached hydrogens (tertiary/aromatic N) is 2. The summed E-state index contributed by atoms with van der Waals surface area (Å²) in [4.78, 5) is 0. The zero-order valence-electron chi connectivity index (χ0n) is 11.8. The average Bonchev–Trinajstić information content (AvgIpc) is 2.89. The van der Waals surface area contributed by atoms with Gasteiger partial charge in [0.2, 0.25) is 0 Å². The van der Waals surface area contributed by atoms with Crippen LogP contribution in [0.15, 0.2) is 30.5 Å². The van der Waals surface area contributed by atoms with E-state index in [4.69, 9.17) is 10.5 Å². The Balaban J connectivity index is 2.45. The Morgan fingerprint density at radius 2 is 2.00 bits per heavy atom. The van der Waals surface area contributed by atoms with Crippen molar-refractivity contribution in [3.8, 4) is 11.5 Å². The number of aromatic nitrogens is 2. The fraction of sp³-hybridized carbons (Fsp3) is 0.357. The van der Waals surface area contributed by atoms with Crippen LogP contribution < -0.4 is 15.2 Å². The van der Waals surface area contributed by atoms with Crippen molar-refractivity contribution in [3.05, 3.63) is 41.7 Å². The first kappa shape index (κ1) is 15.2. The van der Waals surface area contributed by atoms with Gasteiger partial charge in [0.1, 0.15) is 11.4 Å². The Bertz CT molecular complexity index is 580. The number of para-hydroxylation sites is 1. The molecule has 0 bridgehead atoms. The lowest BCUT2D eigenvalue weighted by Gasteiger charge is -2.18. The van der Waals surface area contributed by atoms with Crippen molar-refractivity contribution < 1.29 is 18.3 Å². The van der Waals surface area contributed by atoms with Crippen LogP contribution >= 0.6 is 0 Å². The lowest BCUT2D eigenvalue weighted by atomic mass is 10.0. The molecule has 2 rings (SSSR count). The Morgan fingerprint density at radius 3 is 2.62 bits per heavy atom. The lowest BCUT2D eigenvalue weighted by molar-refractivity contribution is -0.0505. The van der Waals surface area contributed by atoms with E-state index in [2.05, 4.69) is 9.84 Å². The van der Waals surface area contributed by atoms with Gasteiger partial charge in [0, 0.05) is 12.1 Å². The van der Waals surface area contributed by atoms with Crippen molar-refractivity contribution >= 4 is 0 Å². The predicted molar refractivity (Wildman–Crippen MR) is 73.6 cm³/mol. The maximum absolute atomic E-state index is 12.5. The number of nitrogens with two attached hydrogens (primary N) is 1. The highest BCUT2D eigenvalue weighted by Crippen LogP contribution is 2.33. The monoisotopic (exact) mass is 297 g/mol. The highest BCUT2D eigenvalue weighted by atomic mass is 19.3. The maximum Gasteiger partial charge on any atom is 0.387 e. The van der Waals surface area contributed by atoms with Crippen LogP contribution in [0.2, 0.25) is 0 Å². The van der Waals surface area contributed by atoms with Crippen LogP contribution in [0.3, 0.4) is 0 Å². The van der Waals surface area contributed by atoms with Gasteiger partial charge in [-0.2, -0.15) is 13.9 Å². The van der Waals surface area contributed by atoms with Crippen LogP contribution in [0, 0.1) is 0 Å². The summed E-state index contributed by atoms with van der Waals surface area (Å²) in [7, 11) is 1.51. The van der Waals surface area contributed by atoms with E-state index < -0.39 is 12.7 Å². The third-order valence-electron chi connectivity index (χ3n) is 3.13. The zero-order chi connectivity index (χ0) is 15.4. The molecule has 0 saturated carbocycles. The molecule has 0 radical (unpaired) electrons. The molecule has 1 aromatic carbocycles. The number of hydrogen-bond acceptors (Lipinski definition) is 4. The number of halogens is 2. The summed E-state index contributed by atoms with van der Waals surface area (Å²) in [6.45, 7) is -0.412. The SMILES string of the molecule is CCn1ncc(OC)c1C(N)c1ccccc1OC(F)F. The van der Waals surface area contributed by atoms with Gasteiger partial charge < -0.3 is 15.2 Å². The largest absolute Gasteiger partial charge is 0.493 e. The molecule has 21 heavy (non-hydrogen) atoms. The molecule has 1 atom stereocenters. The quantitative estimate of drug-likeness (QED) is 0.890. The van der Waals surface area contributed by atoms with Crippen molar-refractivity contribution in [1.29, 1.82) is 0 Å². The topological polar surface area (TPSA) is 62.3 Å². The second-order valence-corrected chi connectivity index (χ2v) is 4.31. The van der Waals surface area contributed by atoms with E-state index in [0.717, 1.165) is 0 Å². The van der Waals surface area contributed by atoms with Crippen molar-refractivity contribution in [3.63, 3.8) is 0 Å². The van der Waals surface area contributed by atoms with Crippen LogP contribution in [0.25, 0.3) is 0 Å². The van der Waals surface area contributed by atoms with Crippen molar-refractivity contribution in [1.82, 2.24) is 9.78 Å². The average molecular weight is 297 g/mol. The first-order chi connectivity index (χ1) is 10.1. The summed E-state index contributed by atoms with van der Waals surface area (Å²) in [5.74, 6) is 0.558. The highest BCUT2D eigenvalue weighted by molar-refractivity contribution is 5.43. The predicted octanol–water partition coefficient (Wildman–Crippen LogP) is 2.56. The lowest BCUT2D eigenvalue weighted by Crippen LogP contribution is -2.19. The van der Waals surface area contributed by atoms with Crippen LogP contribution in [-0.4, -0.2) is 23.5 Å². The fourth-order valence-corrected chi connectivity index (χ4v) is 2.19. The first-order valence-electron chi connectivity index (χ1n) is 6.47. The second-order valence-electron chi connectivity index (χ2n) is 4.31. The summed E-state index contributed by atoms with van der Waals surface area (Å²) in [5.41, 5.74) is 7.29. The molecule has 1 heterocycles. The molecule has 2 aromatic rings. The van der Waals surface area contributed by atoms with E-state index in [1.54, 1.807) is 29.1 Å². The summed E-state index contributed by atoms with van der Waals surface area (Å²) < 4.78 is 36.4. The molecule has 0 aliphatic heterocycles. The third kappa shape index (κ3) is 3.13. The molecule has 0 fully saturated rings. The van der Waals surface area contributed by atoms with Crippen molar-refractivity contribution in [2.45, 2.75) is 26.1 Å². The van der Waals surface area contributed by atoms with Crippen LogP contribution in [-0.2, 0) is 6.54 Å². The Hall–Kier alpha value is -2.15. The number of rotatable bonds is 6. The molecule has 5 nitrogen and oxygen atoms in total. The molecule has 0 aliphatic carbocycles. The molecule has 0 saturated heterocycles. The van der Waals surface area contributed by atoms with E-state index in [0.29, 0.717) is 23.6 Å². The number of hydrogen-bond donors (Lipinski definition) is 1. The standard InChI is InChI=1S/C14H17F2N3O2/c1-3-19-13(11(20-2)8-18-19)12(17)9-6-4-5-7-10(9)21-14(15)16/h4-8,12,14H,3,17H2,1-2H3. The van der Waals surface area contributed by atoms with Crippen molar-refractivity contribution in [2.75, 3.05) is 7.11 Å². The summed E-state index contributed by atoms with van der Waals surface area (Å²) in [6, 6.07) is 5.75. The van der Waals surface area contributed by atoms with E-state index >= 15 is 0 Å². The molecule has 2 N–H and O–H groups in total. The molecular formula is C14H17F2N3O2. The molecule has 114 valence electrons. The number of ether oxygens (including phenoxy) is 2.